The van der Waals surface area contributed by atoms with E-state index in [1.807, 2.05) is 4.57 Å². The van der Waals surface area contributed by atoms with Crippen molar-refractivity contribution in [2.45, 2.75) is 39.3 Å². The quantitative estimate of drug-likeness (QED) is 0.433. The first kappa shape index (κ1) is 20.6. The van der Waals surface area contributed by atoms with E-state index in [4.69, 9.17) is 0 Å². The summed E-state index contributed by atoms with van der Waals surface area (Å²) in [6.45, 7) is 7.13. The smallest absolute Gasteiger partial charge is 0.191 e. The zero-order valence-corrected chi connectivity index (χ0v) is 17.3. The molecule has 0 saturated carbocycles. The lowest BCUT2D eigenvalue weighted by Gasteiger charge is -2.19. The van der Waals surface area contributed by atoms with Gasteiger partial charge in [0.1, 0.15) is 12.9 Å². The van der Waals surface area contributed by atoms with Crippen LogP contribution in [0, 0.1) is 0 Å². The highest BCUT2D eigenvalue weighted by Crippen LogP contribution is 2.27. The second-order valence-corrected chi connectivity index (χ2v) is 6.82. The molecule has 29 heavy (non-hydrogen) atoms. The molecule has 1 aromatic heterocycles. The van der Waals surface area contributed by atoms with Gasteiger partial charge < -0.3 is 15.2 Å². The van der Waals surface area contributed by atoms with Gasteiger partial charge in [-0.3, -0.25) is 0 Å². The van der Waals surface area contributed by atoms with Crippen LogP contribution in [0.3, 0.4) is 0 Å². The highest BCUT2D eigenvalue weighted by atomic mass is 15.3. The van der Waals surface area contributed by atoms with Crippen molar-refractivity contribution in [2.24, 2.45) is 4.99 Å². The largest absolute Gasteiger partial charge is 0.357 e. The number of benzene rings is 2. The summed E-state index contributed by atoms with van der Waals surface area (Å²) in [4.78, 5) is 4.68. The van der Waals surface area contributed by atoms with Crippen LogP contribution >= 0.6 is 0 Å². The minimum Gasteiger partial charge on any atom is -0.357 e. The predicted molar refractivity (Wildman–Crippen MR) is 118 cm³/mol. The van der Waals surface area contributed by atoms with E-state index in [-0.39, 0.29) is 0 Å². The molecule has 6 heteroatoms. The molecule has 0 aliphatic carbocycles. The molecule has 0 unspecified atom stereocenters. The number of rotatable bonds is 9. The van der Waals surface area contributed by atoms with Crippen molar-refractivity contribution in [3.05, 3.63) is 83.9 Å². The second-order valence-electron chi connectivity index (χ2n) is 6.82. The summed E-state index contributed by atoms with van der Waals surface area (Å²) >= 11 is 0. The molecule has 3 rings (SSSR count). The SMILES string of the molecule is CCNC(=NCc1nncn1CC)NCCC(c1ccccc1)c1ccccc1. The lowest BCUT2D eigenvalue weighted by molar-refractivity contribution is 0.671. The molecule has 6 nitrogen and oxygen atoms in total. The second kappa shape index (κ2) is 11.0. The van der Waals surface area contributed by atoms with Gasteiger partial charge in [-0.15, -0.1) is 10.2 Å². The molecule has 0 aliphatic rings. The van der Waals surface area contributed by atoms with E-state index in [0.717, 1.165) is 37.8 Å². The standard InChI is InChI=1S/C23H30N6/c1-3-24-23(26-17-22-28-27-18-29(22)4-2)25-16-15-21(19-11-7-5-8-12-19)20-13-9-6-10-14-20/h5-14,18,21H,3-4,15-17H2,1-2H3,(H2,24,25,26). The van der Waals surface area contributed by atoms with Gasteiger partial charge in [0.2, 0.25) is 0 Å². The summed E-state index contributed by atoms with van der Waals surface area (Å²) in [5.74, 6) is 2.02. The fourth-order valence-corrected chi connectivity index (χ4v) is 3.39. The molecule has 152 valence electrons. The van der Waals surface area contributed by atoms with Gasteiger partial charge in [-0.1, -0.05) is 60.7 Å². The highest BCUT2D eigenvalue weighted by molar-refractivity contribution is 5.79. The van der Waals surface area contributed by atoms with Gasteiger partial charge in [-0.05, 0) is 31.4 Å². The van der Waals surface area contributed by atoms with Crippen molar-refractivity contribution in [3.63, 3.8) is 0 Å². The van der Waals surface area contributed by atoms with Crippen molar-refractivity contribution in [2.75, 3.05) is 13.1 Å². The zero-order valence-electron chi connectivity index (χ0n) is 17.3. The molecule has 3 aromatic rings. The van der Waals surface area contributed by atoms with Crippen molar-refractivity contribution < 1.29 is 0 Å². The van der Waals surface area contributed by atoms with E-state index < -0.39 is 0 Å². The first-order valence-electron chi connectivity index (χ1n) is 10.3. The Kier molecular flexibility index (Phi) is 7.81. The van der Waals surface area contributed by atoms with Crippen molar-refractivity contribution in [1.29, 1.82) is 0 Å². The highest BCUT2D eigenvalue weighted by Gasteiger charge is 2.14. The van der Waals surface area contributed by atoms with Crippen molar-refractivity contribution >= 4 is 5.96 Å². The van der Waals surface area contributed by atoms with Crippen LogP contribution in [0.1, 0.15) is 43.1 Å². The number of guanidine groups is 1. The average molecular weight is 391 g/mol. The molecule has 0 bridgehead atoms. The van der Waals surface area contributed by atoms with Crippen molar-refractivity contribution in [1.82, 2.24) is 25.4 Å². The van der Waals surface area contributed by atoms with Crippen LogP contribution in [-0.2, 0) is 13.1 Å². The lowest BCUT2D eigenvalue weighted by atomic mass is 9.88. The Hall–Kier alpha value is -3.15. The van der Waals surface area contributed by atoms with Gasteiger partial charge in [-0.25, -0.2) is 4.99 Å². The summed E-state index contributed by atoms with van der Waals surface area (Å²) in [6, 6.07) is 21.4. The average Bonchev–Trinajstić information content (AvgIpc) is 3.24. The van der Waals surface area contributed by atoms with Gasteiger partial charge in [0.05, 0.1) is 0 Å². The summed E-state index contributed by atoms with van der Waals surface area (Å²) < 4.78 is 2.01. The molecular formula is C23H30N6. The molecule has 0 amide bonds. The summed E-state index contributed by atoms with van der Waals surface area (Å²) in [5, 5.41) is 14.9. The molecule has 2 aromatic carbocycles. The Morgan fingerprint density at radius 2 is 1.62 bits per heavy atom. The Bertz CT molecular complexity index is 833. The van der Waals surface area contributed by atoms with Crippen LogP contribution in [0.25, 0.3) is 0 Å². The molecule has 0 aliphatic heterocycles. The van der Waals surface area contributed by atoms with Gasteiger partial charge in [0.15, 0.2) is 11.8 Å². The third-order valence-electron chi connectivity index (χ3n) is 4.89. The number of aromatic nitrogens is 3. The number of nitrogens with zero attached hydrogens (tertiary/aromatic N) is 4. The molecule has 0 spiro atoms. The monoisotopic (exact) mass is 390 g/mol. The Labute approximate surface area is 173 Å². The maximum absolute atomic E-state index is 4.68. The van der Waals surface area contributed by atoms with E-state index in [0.29, 0.717) is 12.5 Å². The topological polar surface area (TPSA) is 67.1 Å². The van der Waals surface area contributed by atoms with E-state index in [9.17, 15) is 0 Å². The van der Waals surface area contributed by atoms with Crippen LogP contribution in [0.15, 0.2) is 72.0 Å². The molecule has 1 heterocycles. The predicted octanol–water partition coefficient (Wildman–Crippen LogP) is 3.58. The van der Waals surface area contributed by atoms with Crippen LogP contribution in [0.4, 0.5) is 0 Å². The zero-order chi connectivity index (χ0) is 20.3. The minimum atomic E-state index is 0.343. The number of nitrogens with one attached hydrogen (secondary N) is 2. The molecular weight excluding hydrogens is 360 g/mol. The van der Waals surface area contributed by atoms with Gasteiger partial charge in [0.25, 0.3) is 0 Å². The maximum atomic E-state index is 4.68. The van der Waals surface area contributed by atoms with Gasteiger partial charge in [-0.2, -0.15) is 0 Å². The van der Waals surface area contributed by atoms with Gasteiger partial charge in [0, 0.05) is 25.6 Å². The number of hydrogen-bond donors (Lipinski definition) is 2. The number of aryl methyl sites for hydroxylation is 1. The fourth-order valence-electron chi connectivity index (χ4n) is 3.39. The van der Waals surface area contributed by atoms with Crippen LogP contribution in [0.2, 0.25) is 0 Å². The van der Waals surface area contributed by atoms with Crippen LogP contribution in [0.5, 0.6) is 0 Å². The normalized spacial score (nSPS) is 11.6. The van der Waals surface area contributed by atoms with E-state index in [1.165, 1.54) is 11.1 Å². The molecule has 0 radical (unpaired) electrons. The fraction of sp³-hybridized carbons (Fsp3) is 0.348. The van der Waals surface area contributed by atoms with Crippen LogP contribution < -0.4 is 10.6 Å². The number of hydrogen-bond acceptors (Lipinski definition) is 3. The van der Waals surface area contributed by atoms with E-state index >= 15 is 0 Å². The van der Waals surface area contributed by atoms with E-state index in [2.05, 4.69) is 100 Å². The third kappa shape index (κ3) is 5.91. The maximum Gasteiger partial charge on any atom is 0.191 e. The van der Waals surface area contributed by atoms with Gasteiger partial charge >= 0.3 is 0 Å². The molecule has 0 saturated heterocycles. The molecule has 2 N–H and O–H groups in total. The third-order valence-corrected chi connectivity index (χ3v) is 4.89. The summed E-state index contributed by atoms with van der Waals surface area (Å²) in [7, 11) is 0. The summed E-state index contributed by atoms with van der Waals surface area (Å²) in [5.41, 5.74) is 2.66. The lowest BCUT2D eigenvalue weighted by Crippen LogP contribution is -2.38. The number of aliphatic imine (C=N–C) groups is 1. The Morgan fingerprint density at radius 1 is 0.966 bits per heavy atom. The molecule has 0 fully saturated rings. The Balaban J connectivity index is 1.65. The first-order valence-corrected chi connectivity index (χ1v) is 10.3. The van der Waals surface area contributed by atoms with E-state index in [1.54, 1.807) is 6.33 Å². The van der Waals surface area contributed by atoms with Crippen molar-refractivity contribution in [3.8, 4) is 0 Å². The minimum absolute atomic E-state index is 0.343. The summed E-state index contributed by atoms with van der Waals surface area (Å²) in [6.07, 6.45) is 2.72. The molecule has 0 atom stereocenters. The first-order chi connectivity index (χ1) is 14.3. The van der Waals surface area contributed by atoms with Crippen LogP contribution in [-0.4, -0.2) is 33.8 Å². The Morgan fingerprint density at radius 3 is 2.21 bits per heavy atom.